The quantitative estimate of drug-likeness (QED) is 0.0995. The van der Waals surface area contributed by atoms with Gasteiger partial charge in [-0.2, -0.15) is 0 Å². The van der Waals surface area contributed by atoms with Crippen LogP contribution in [0.3, 0.4) is 0 Å². The van der Waals surface area contributed by atoms with E-state index in [1.54, 1.807) is 23.9 Å². The molecule has 42 heavy (non-hydrogen) atoms. The van der Waals surface area contributed by atoms with Gasteiger partial charge in [0, 0.05) is 35.7 Å². The molecule has 3 aromatic carbocycles. The Hall–Kier alpha value is -3.37. The van der Waals surface area contributed by atoms with E-state index in [9.17, 15) is 8.78 Å². The van der Waals surface area contributed by atoms with Crippen molar-refractivity contribution in [2.24, 2.45) is 0 Å². The Labute approximate surface area is 255 Å². The molecular weight excluding hydrogens is 540 g/mol. The molecule has 1 heterocycles. The van der Waals surface area contributed by atoms with Crippen LogP contribution in [0.25, 0.3) is 15.8 Å². The summed E-state index contributed by atoms with van der Waals surface area (Å²) in [6.07, 6.45) is 9.40. The minimum atomic E-state index is -2.85. The molecule has 0 saturated heterocycles. The number of allylic oxidation sites excluding steroid dienone is 3. The van der Waals surface area contributed by atoms with Crippen molar-refractivity contribution in [2.45, 2.75) is 78.2 Å². The highest BCUT2D eigenvalue weighted by molar-refractivity contribution is 8.11. The number of hydrogen-bond donors (Lipinski definition) is 0. The second-order valence-electron chi connectivity index (χ2n) is 11.5. The van der Waals surface area contributed by atoms with Crippen LogP contribution in [0.5, 0.6) is 0 Å². The zero-order valence-corrected chi connectivity index (χ0v) is 26.1. The summed E-state index contributed by atoms with van der Waals surface area (Å²) in [7, 11) is 0. The summed E-state index contributed by atoms with van der Waals surface area (Å²) in [4.78, 5) is 2.19. The van der Waals surface area contributed by atoms with Crippen LogP contribution in [0.15, 0.2) is 114 Å². The van der Waals surface area contributed by atoms with E-state index in [4.69, 9.17) is 0 Å². The highest BCUT2D eigenvalue weighted by Gasteiger charge is 2.23. The van der Waals surface area contributed by atoms with E-state index in [0.29, 0.717) is 0 Å². The minimum absolute atomic E-state index is 0.0231. The largest absolute Gasteiger partial charge is 0.347 e. The van der Waals surface area contributed by atoms with Crippen LogP contribution in [0.1, 0.15) is 75.1 Å². The Morgan fingerprint density at radius 3 is 2.21 bits per heavy atom. The maximum absolute atomic E-state index is 13.7. The molecule has 0 unspecified atom stereocenters. The van der Waals surface area contributed by atoms with E-state index in [1.165, 1.54) is 56.6 Å². The lowest BCUT2D eigenvalue weighted by Crippen LogP contribution is -2.06. The summed E-state index contributed by atoms with van der Waals surface area (Å²) < 4.78 is 29.8. The molecule has 0 aliphatic carbocycles. The van der Waals surface area contributed by atoms with E-state index in [-0.39, 0.29) is 5.56 Å². The average Bonchev–Trinajstić information content (AvgIpc) is 3.38. The van der Waals surface area contributed by atoms with Crippen LogP contribution in [-0.2, 0) is 25.3 Å². The number of fused-ring (bicyclic) bond motifs is 1. The van der Waals surface area contributed by atoms with Crippen molar-refractivity contribution < 1.29 is 8.78 Å². The lowest BCUT2D eigenvalue weighted by molar-refractivity contribution is 0.0175. The standard InChI is InChI=1S/C38H43F2NS/c1-28(2)11-9-10-25-41-26-24-34-27-32(16-22-36(34)41)17-23-37(29(3)14-15-31-12-7-6-8-13-31)42-30(4)33-18-20-35(21-19-33)38(5,39)40/h6-8,12-13,16,18-22,24,26-27H,1,4,9-11,14-15,17,23,25H2,2-3,5H3/b37-29+. The van der Waals surface area contributed by atoms with Gasteiger partial charge in [-0.15, -0.1) is 6.58 Å². The molecule has 0 radical (unpaired) electrons. The second-order valence-corrected chi connectivity index (χ2v) is 12.7. The van der Waals surface area contributed by atoms with Gasteiger partial charge in [-0.1, -0.05) is 90.2 Å². The number of unbranched alkanes of at least 4 members (excludes halogenated alkanes) is 1. The summed E-state index contributed by atoms with van der Waals surface area (Å²) in [6.45, 7) is 14.6. The number of nitrogens with zero attached hydrogens (tertiary/aromatic N) is 1. The van der Waals surface area contributed by atoms with Gasteiger partial charge in [0.1, 0.15) is 0 Å². The molecule has 0 saturated carbocycles. The summed E-state index contributed by atoms with van der Waals surface area (Å²) in [5.41, 5.74) is 7.43. The fraction of sp³-hybridized carbons (Fsp3) is 0.316. The number of aryl methyl sites for hydroxylation is 3. The van der Waals surface area contributed by atoms with E-state index in [0.717, 1.165) is 62.5 Å². The summed E-state index contributed by atoms with van der Waals surface area (Å²) >= 11 is 1.68. The molecule has 4 heteroatoms. The molecular formula is C38H43F2NS. The van der Waals surface area contributed by atoms with Gasteiger partial charge < -0.3 is 4.57 Å². The van der Waals surface area contributed by atoms with Crippen molar-refractivity contribution in [1.29, 1.82) is 0 Å². The molecule has 0 N–H and O–H groups in total. The Kier molecular flexibility index (Phi) is 11.0. The first-order chi connectivity index (χ1) is 20.1. The third kappa shape index (κ3) is 9.06. The van der Waals surface area contributed by atoms with Gasteiger partial charge >= 0.3 is 0 Å². The first-order valence-corrected chi connectivity index (χ1v) is 15.7. The molecule has 1 nitrogen and oxygen atoms in total. The zero-order valence-electron chi connectivity index (χ0n) is 25.3. The zero-order chi connectivity index (χ0) is 30.1. The SMILES string of the molecule is C=C(C)CCCCn1ccc2cc(CC/C(SC(=C)c3ccc(C(C)(F)F)cc3)=C(/C)CCc3ccccc3)ccc21. The van der Waals surface area contributed by atoms with Crippen LogP contribution in [0, 0.1) is 0 Å². The van der Waals surface area contributed by atoms with Crippen LogP contribution in [0.2, 0.25) is 0 Å². The number of rotatable bonds is 15. The molecule has 1 aromatic heterocycles. The summed E-state index contributed by atoms with van der Waals surface area (Å²) in [5.74, 6) is -2.85. The molecule has 0 spiro atoms. The summed E-state index contributed by atoms with van der Waals surface area (Å²) in [6, 6.07) is 26.2. The second kappa shape index (κ2) is 14.7. The number of benzene rings is 3. The van der Waals surface area contributed by atoms with Gasteiger partial charge in [0.25, 0.3) is 5.92 Å². The molecule has 0 fully saturated rings. The fourth-order valence-electron chi connectivity index (χ4n) is 5.19. The third-order valence-electron chi connectivity index (χ3n) is 7.80. The Morgan fingerprint density at radius 2 is 1.52 bits per heavy atom. The van der Waals surface area contributed by atoms with Crippen LogP contribution in [-0.4, -0.2) is 4.57 Å². The molecule has 0 bridgehead atoms. The normalized spacial score (nSPS) is 12.4. The molecule has 4 aromatic rings. The van der Waals surface area contributed by atoms with Gasteiger partial charge in [-0.25, -0.2) is 8.78 Å². The lowest BCUT2D eigenvalue weighted by Gasteiger charge is -2.16. The number of halogens is 2. The summed E-state index contributed by atoms with van der Waals surface area (Å²) in [5, 5.41) is 1.28. The Bertz CT molecular complexity index is 1520. The number of thioether (sulfide) groups is 1. The molecule has 0 atom stereocenters. The first-order valence-electron chi connectivity index (χ1n) is 14.9. The van der Waals surface area contributed by atoms with Gasteiger partial charge in [-0.3, -0.25) is 0 Å². The topological polar surface area (TPSA) is 4.93 Å². The highest BCUT2D eigenvalue weighted by Crippen LogP contribution is 2.38. The Morgan fingerprint density at radius 1 is 0.810 bits per heavy atom. The van der Waals surface area contributed by atoms with Crippen molar-refractivity contribution in [2.75, 3.05) is 0 Å². The van der Waals surface area contributed by atoms with Crippen LogP contribution < -0.4 is 0 Å². The molecule has 0 aliphatic rings. The lowest BCUT2D eigenvalue weighted by atomic mass is 10.0. The number of hydrogen-bond acceptors (Lipinski definition) is 1. The van der Waals surface area contributed by atoms with Crippen LogP contribution in [0.4, 0.5) is 8.78 Å². The first kappa shape index (κ1) is 31.6. The van der Waals surface area contributed by atoms with Crippen molar-refractivity contribution >= 4 is 27.6 Å². The predicted molar refractivity (Wildman–Crippen MR) is 179 cm³/mol. The number of alkyl halides is 2. The highest BCUT2D eigenvalue weighted by atomic mass is 32.2. The van der Waals surface area contributed by atoms with Gasteiger partial charge in [0.2, 0.25) is 0 Å². The van der Waals surface area contributed by atoms with E-state index in [1.807, 2.05) is 6.07 Å². The Balaban J connectivity index is 1.47. The monoisotopic (exact) mass is 583 g/mol. The van der Waals surface area contributed by atoms with Crippen molar-refractivity contribution in [3.8, 4) is 0 Å². The van der Waals surface area contributed by atoms with E-state index < -0.39 is 5.92 Å². The van der Waals surface area contributed by atoms with Crippen molar-refractivity contribution in [3.05, 3.63) is 137 Å². The molecule has 0 amide bonds. The smallest absolute Gasteiger partial charge is 0.270 e. The molecule has 0 aliphatic heterocycles. The predicted octanol–water partition coefficient (Wildman–Crippen LogP) is 11.7. The van der Waals surface area contributed by atoms with Crippen LogP contribution >= 0.6 is 11.8 Å². The maximum atomic E-state index is 13.7. The molecule has 220 valence electrons. The average molecular weight is 584 g/mol. The van der Waals surface area contributed by atoms with E-state index >= 15 is 0 Å². The third-order valence-corrected chi connectivity index (χ3v) is 9.08. The van der Waals surface area contributed by atoms with E-state index in [2.05, 4.69) is 86.3 Å². The fourth-order valence-corrected chi connectivity index (χ4v) is 6.22. The maximum Gasteiger partial charge on any atom is 0.270 e. The van der Waals surface area contributed by atoms with Crippen molar-refractivity contribution in [3.63, 3.8) is 0 Å². The number of aromatic nitrogens is 1. The van der Waals surface area contributed by atoms with Gasteiger partial charge in [-0.05, 0) is 104 Å². The van der Waals surface area contributed by atoms with Crippen molar-refractivity contribution in [1.82, 2.24) is 4.57 Å². The van der Waals surface area contributed by atoms with Gasteiger partial charge in [0.15, 0.2) is 0 Å². The molecule has 4 rings (SSSR count). The minimum Gasteiger partial charge on any atom is -0.347 e. The van der Waals surface area contributed by atoms with Gasteiger partial charge in [0.05, 0.1) is 0 Å².